The van der Waals surface area contributed by atoms with Gasteiger partial charge in [-0.2, -0.15) is 0 Å². The lowest BCUT2D eigenvalue weighted by Gasteiger charge is -2.23. The van der Waals surface area contributed by atoms with Crippen LogP contribution in [-0.4, -0.2) is 29.4 Å². The summed E-state index contributed by atoms with van der Waals surface area (Å²) >= 11 is 0. The average molecular weight is 192 g/mol. The third-order valence-corrected chi connectivity index (χ3v) is 2.20. The number of nitrogens with one attached hydrogen (secondary N) is 1. The molecule has 1 aliphatic heterocycles. The molecule has 1 heterocycles. The third-order valence-electron chi connectivity index (χ3n) is 2.20. The largest absolute Gasteiger partial charge is 0.478 e. The quantitative estimate of drug-likeness (QED) is 0.599. The highest BCUT2D eigenvalue weighted by Gasteiger charge is 2.30. The molecule has 0 saturated heterocycles. The van der Waals surface area contributed by atoms with Gasteiger partial charge in [0.25, 0.3) is 0 Å². The van der Waals surface area contributed by atoms with E-state index >= 15 is 0 Å². The molecule has 5 nitrogen and oxygen atoms in total. The Labute approximate surface area is 79.8 Å². The van der Waals surface area contributed by atoms with Gasteiger partial charge in [-0.3, -0.25) is 9.79 Å². The lowest BCUT2D eigenvalue weighted by atomic mass is 9.90. The van der Waals surface area contributed by atoms with Crippen LogP contribution in [0, 0.1) is 5.92 Å². The molecular formula is C9H8N2O3. The first-order valence-corrected chi connectivity index (χ1v) is 4.14. The number of nitrogens with zero attached hydrogens (tertiary/aromatic N) is 1. The second-order valence-electron chi connectivity index (χ2n) is 3.09. The molecule has 0 radical (unpaired) electrons. The normalized spacial score (nSPS) is 29.1. The molecule has 14 heavy (non-hydrogen) atoms. The number of hydrogen-bond acceptors (Lipinski definition) is 3. The molecule has 0 saturated carbocycles. The maximum absolute atomic E-state index is 11.3. The molecule has 2 atom stereocenters. The number of rotatable bonds is 1. The Morgan fingerprint density at radius 2 is 2.36 bits per heavy atom. The molecule has 2 rings (SSSR count). The van der Waals surface area contributed by atoms with Gasteiger partial charge in [0.05, 0.1) is 23.9 Å². The minimum Gasteiger partial charge on any atom is -0.478 e. The van der Waals surface area contributed by atoms with E-state index in [1.54, 1.807) is 6.08 Å². The van der Waals surface area contributed by atoms with Crippen molar-refractivity contribution in [2.45, 2.75) is 6.04 Å². The van der Waals surface area contributed by atoms with Crippen LogP contribution in [0.4, 0.5) is 0 Å². The number of carbonyl (C=O) groups excluding carboxylic acids is 1. The van der Waals surface area contributed by atoms with Crippen LogP contribution in [0.25, 0.3) is 0 Å². The van der Waals surface area contributed by atoms with E-state index in [-0.39, 0.29) is 17.5 Å². The summed E-state index contributed by atoms with van der Waals surface area (Å²) in [5.74, 6) is -1.73. The summed E-state index contributed by atoms with van der Waals surface area (Å²) in [5, 5.41) is 11.2. The van der Waals surface area contributed by atoms with E-state index in [1.807, 2.05) is 0 Å². The second-order valence-corrected chi connectivity index (χ2v) is 3.09. The SMILES string of the molecule is O=C(O)C1=C[C@@H]2C(=O)NC=N[C@H]2C=C1. The Balaban J connectivity index is 2.33. The molecule has 5 heteroatoms. The fourth-order valence-electron chi connectivity index (χ4n) is 1.47. The Morgan fingerprint density at radius 1 is 1.57 bits per heavy atom. The molecule has 0 aromatic carbocycles. The molecule has 0 bridgehead atoms. The highest BCUT2D eigenvalue weighted by Crippen LogP contribution is 2.21. The zero-order valence-corrected chi connectivity index (χ0v) is 7.18. The van der Waals surface area contributed by atoms with E-state index in [0.29, 0.717) is 0 Å². The van der Waals surface area contributed by atoms with Gasteiger partial charge in [-0.05, 0) is 6.08 Å². The van der Waals surface area contributed by atoms with Crippen LogP contribution in [0.1, 0.15) is 0 Å². The first kappa shape index (κ1) is 8.68. The van der Waals surface area contributed by atoms with E-state index in [1.165, 1.54) is 18.5 Å². The number of aliphatic imine (C=N–C) groups is 1. The van der Waals surface area contributed by atoms with Crippen LogP contribution in [0.5, 0.6) is 0 Å². The van der Waals surface area contributed by atoms with Gasteiger partial charge in [0.15, 0.2) is 0 Å². The van der Waals surface area contributed by atoms with E-state index < -0.39 is 11.9 Å². The van der Waals surface area contributed by atoms with Crippen molar-refractivity contribution in [1.29, 1.82) is 0 Å². The zero-order valence-electron chi connectivity index (χ0n) is 7.18. The summed E-state index contributed by atoms with van der Waals surface area (Å²) in [6.07, 6.45) is 5.87. The number of aliphatic carboxylic acids is 1. The standard InChI is InChI=1S/C9H8N2O3/c12-8-6-3-5(9(13)14)1-2-7(6)10-4-11-8/h1-4,6-7H,(H,13,14)(H,10,11,12)/t6-,7-/m0/s1. The first-order valence-electron chi connectivity index (χ1n) is 4.14. The zero-order chi connectivity index (χ0) is 10.1. The molecule has 0 aromatic rings. The lowest BCUT2D eigenvalue weighted by molar-refractivity contribution is -0.132. The van der Waals surface area contributed by atoms with E-state index in [2.05, 4.69) is 10.3 Å². The summed E-state index contributed by atoms with van der Waals surface area (Å²) < 4.78 is 0. The molecule has 0 unspecified atom stereocenters. The maximum atomic E-state index is 11.3. The lowest BCUT2D eigenvalue weighted by Crippen LogP contribution is -2.40. The van der Waals surface area contributed by atoms with Crippen LogP contribution >= 0.6 is 0 Å². The van der Waals surface area contributed by atoms with E-state index in [0.717, 1.165) is 0 Å². The molecule has 72 valence electrons. The van der Waals surface area contributed by atoms with Crippen LogP contribution in [-0.2, 0) is 9.59 Å². The van der Waals surface area contributed by atoms with E-state index in [4.69, 9.17) is 5.11 Å². The molecule has 0 aromatic heterocycles. The van der Waals surface area contributed by atoms with Crippen molar-refractivity contribution in [3.8, 4) is 0 Å². The monoisotopic (exact) mass is 192 g/mol. The Hall–Kier alpha value is -1.91. The fraction of sp³-hybridized carbons (Fsp3) is 0.222. The van der Waals surface area contributed by atoms with Crippen molar-refractivity contribution in [3.63, 3.8) is 0 Å². The topological polar surface area (TPSA) is 78.8 Å². The van der Waals surface area contributed by atoms with Gasteiger partial charge < -0.3 is 10.4 Å². The Bertz CT molecular complexity index is 382. The minimum absolute atomic E-state index is 0.138. The van der Waals surface area contributed by atoms with Gasteiger partial charge in [-0.25, -0.2) is 4.79 Å². The van der Waals surface area contributed by atoms with Crippen LogP contribution in [0.2, 0.25) is 0 Å². The van der Waals surface area contributed by atoms with Crippen LogP contribution < -0.4 is 5.32 Å². The predicted octanol–water partition coefficient (Wildman–Crippen LogP) is -0.290. The van der Waals surface area contributed by atoms with Crippen LogP contribution in [0.15, 0.2) is 28.8 Å². The molecule has 0 fully saturated rings. The van der Waals surface area contributed by atoms with Gasteiger partial charge in [0.2, 0.25) is 5.91 Å². The number of carboxylic acid groups (broad SMARTS) is 1. The van der Waals surface area contributed by atoms with Crippen molar-refractivity contribution in [1.82, 2.24) is 5.32 Å². The van der Waals surface area contributed by atoms with Crippen molar-refractivity contribution in [2.75, 3.05) is 0 Å². The number of hydrogen-bond donors (Lipinski definition) is 2. The van der Waals surface area contributed by atoms with Gasteiger partial charge >= 0.3 is 5.97 Å². The van der Waals surface area contributed by atoms with Crippen molar-refractivity contribution < 1.29 is 14.7 Å². The smallest absolute Gasteiger partial charge is 0.335 e. The summed E-state index contributed by atoms with van der Waals surface area (Å²) in [6, 6.07) is -0.258. The molecule has 1 amide bonds. The fourth-order valence-corrected chi connectivity index (χ4v) is 1.47. The highest BCUT2D eigenvalue weighted by atomic mass is 16.4. The van der Waals surface area contributed by atoms with Crippen molar-refractivity contribution in [3.05, 3.63) is 23.8 Å². The summed E-state index contributed by atoms with van der Waals surface area (Å²) in [7, 11) is 0. The molecular weight excluding hydrogens is 184 g/mol. The maximum Gasteiger partial charge on any atom is 0.335 e. The number of carboxylic acids is 1. The van der Waals surface area contributed by atoms with Gasteiger partial charge in [-0.15, -0.1) is 0 Å². The average Bonchev–Trinajstić information content (AvgIpc) is 2.18. The summed E-state index contributed by atoms with van der Waals surface area (Å²) in [5.41, 5.74) is 0.138. The number of carbonyl (C=O) groups is 2. The number of fused-ring (bicyclic) bond motifs is 1. The Kier molecular flexibility index (Phi) is 1.92. The molecule has 0 spiro atoms. The number of amides is 1. The molecule has 2 N–H and O–H groups in total. The van der Waals surface area contributed by atoms with Crippen LogP contribution in [0.3, 0.4) is 0 Å². The van der Waals surface area contributed by atoms with Gasteiger partial charge in [-0.1, -0.05) is 12.2 Å². The molecule has 1 aliphatic carbocycles. The van der Waals surface area contributed by atoms with Gasteiger partial charge in [0.1, 0.15) is 0 Å². The van der Waals surface area contributed by atoms with Gasteiger partial charge in [0, 0.05) is 0 Å². The first-order chi connectivity index (χ1) is 6.68. The van der Waals surface area contributed by atoms with Crippen molar-refractivity contribution >= 4 is 18.2 Å². The highest BCUT2D eigenvalue weighted by molar-refractivity contribution is 5.97. The van der Waals surface area contributed by atoms with E-state index in [9.17, 15) is 9.59 Å². The second kappa shape index (κ2) is 3.10. The summed E-state index contributed by atoms with van der Waals surface area (Å²) in [4.78, 5) is 26.0. The summed E-state index contributed by atoms with van der Waals surface area (Å²) in [6.45, 7) is 0. The predicted molar refractivity (Wildman–Crippen MR) is 48.8 cm³/mol. The molecule has 2 aliphatic rings. The Morgan fingerprint density at radius 3 is 3.07 bits per heavy atom. The third kappa shape index (κ3) is 1.32. The minimum atomic E-state index is -1.03. The van der Waals surface area contributed by atoms with Crippen molar-refractivity contribution in [2.24, 2.45) is 10.9 Å².